The van der Waals surface area contributed by atoms with Crippen molar-refractivity contribution in [2.75, 3.05) is 9.80 Å². The highest BCUT2D eigenvalue weighted by atomic mass is 16.3. The molecule has 0 fully saturated rings. The van der Waals surface area contributed by atoms with Crippen LogP contribution in [0.1, 0.15) is 132 Å². The van der Waals surface area contributed by atoms with Crippen LogP contribution in [0.25, 0.3) is 21.9 Å². The maximum atomic E-state index is 6.62. The molecular formula is C65H61BN2O. The third-order valence-corrected chi connectivity index (χ3v) is 17.3. The molecule has 0 atom stereocenters. The number of furan rings is 1. The van der Waals surface area contributed by atoms with Crippen molar-refractivity contribution in [1.29, 1.82) is 0 Å². The zero-order valence-electron chi connectivity index (χ0n) is 42.3. The average molecular weight is 897 g/mol. The molecule has 0 radical (unpaired) electrons. The van der Waals surface area contributed by atoms with E-state index in [1.54, 1.807) is 0 Å². The summed E-state index contributed by atoms with van der Waals surface area (Å²) in [5, 5.41) is 2.27. The lowest BCUT2D eigenvalue weighted by atomic mass is 9.33. The summed E-state index contributed by atoms with van der Waals surface area (Å²) in [7, 11) is 0. The molecule has 1 aromatic heterocycles. The molecule has 2 aliphatic heterocycles. The van der Waals surface area contributed by atoms with E-state index >= 15 is 0 Å². The number of hydrogen-bond donors (Lipinski definition) is 0. The van der Waals surface area contributed by atoms with Crippen LogP contribution in [-0.4, -0.2) is 6.71 Å². The van der Waals surface area contributed by atoms with E-state index in [0.717, 1.165) is 27.6 Å². The quantitative estimate of drug-likeness (QED) is 0.161. The topological polar surface area (TPSA) is 19.6 Å². The summed E-state index contributed by atoms with van der Waals surface area (Å²) in [6.07, 6.45) is 0. The van der Waals surface area contributed by atoms with Crippen LogP contribution >= 0.6 is 0 Å². The molecule has 0 N–H and O–H groups in total. The summed E-state index contributed by atoms with van der Waals surface area (Å²) in [4.78, 5) is 5.24. The van der Waals surface area contributed by atoms with Crippen LogP contribution in [0.5, 0.6) is 0 Å². The predicted octanol–water partition coefficient (Wildman–Crippen LogP) is 15.2. The average Bonchev–Trinajstić information content (AvgIpc) is 3.71. The molecule has 0 saturated carbocycles. The fourth-order valence-corrected chi connectivity index (χ4v) is 13.6. The Morgan fingerprint density at radius 2 is 0.942 bits per heavy atom. The first kappa shape index (κ1) is 42.3. The molecule has 0 unspecified atom stereocenters. The second-order valence-electron chi connectivity index (χ2n) is 23.9. The van der Waals surface area contributed by atoms with Gasteiger partial charge in [-0.15, -0.1) is 0 Å². The lowest BCUT2D eigenvalue weighted by Gasteiger charge is -2.48. The fourth-order valence-electron chi connectivity index (χ4n) is 13.6. The summed E-state index contributed by atoms with van der Waals surface area (Å²) in [5.74, 6) is 0. The lowest BCUT2D eigenvalue weighted by molar-refractivity contribution is 0.520. The Morgan fingerprint density at radius 3 is 1.58 bits per heavy atom. The number of fused-ring (bicyclic) bond motifs is 11. The number of para-hydroxylation sites is 1. The normalized spacial score (nSPS) is 17.4. The minimum Gasteiger partial charge on any atom is -0.456 e. The number of hydrogen-bond acceptors (Lipinski definition) is 3. The molecule has 0 saturated heterocycles. The van der Waals surface area contributed by atoms with Gasteiger partial charge < -0.3 is 14.2 Å². The molecule has 13 rings (SSSR count). The van der Waals surface area contributed by atoms with Gasteiger partial charge in [0.25, 0.3) is 6.71 Å². The summed E-state index contributed by atoms with van der Waals surface area (Å²) < 4.78 is 6.62. The van der Waals surface area contributed by atoms with Gasteiger partial charge in [-0.05, 0) is 139 Å². The Kier molecular flexibility index (Phi) is 8.42. The highest BCUT2D eigenvalue weighted by Crippen LogP contribution is 2.55. The summed E-state index contributed by atoms with van der Waals surface area (Å²) in [6, 6.07) is 58.5. The van der Waals surface area contributed by atoms with E-state index in [1.165, 1.54) is 100 Å². The number of rotatable bonds is 2. The Balaban J connectivity index is 1.16. The van der Waals surface area contributed by atoms with E-state index in [4.69, 9.17) is 4.42 Å². The van der Waals surface area contributed by atoms with E-state index < -0.39 is 0 Å². The largest absolute Gasteiger partial charge is 0.456 e. The Bertz CT molecular complexity index is 3700. The van der Waals surface area contributed by atoms with Crippen molar-refractivity contribution in [3.05, 3.63) is 207 Å². The first-order valence-electron chi connectivity index (χ1n) is 25.1. The number of nitrogens with zero attached hydrogens (tertiary/aromatic N) is 2. The second-order valence-corrected chi connectivity index (χ2v) is 23.9. The van der Waals surface area contributed by atoms with Crippen molar-refractivity contribution < 1.29 is 4.42 Å². The number of anilines is 6. The van der Waals surface area contributed by atoms with Crippen LogP contribution in [0.15, 0.2) is 156 Å². The van der Waals surface area contributed by atoms with Gasteiger partial charge in [-0.1, -0.05) is 173 Å². The van der Waals surface area contributed by atoms with Crippen molar-refractivity contribution in [1.82, 2.24) is 0 Å². The molecule has 0 bridgehead atoms. The molecule has 0 amide bonds. The minimum absolute atomic E-state index is 0.0306. The van der Waals surface area contributed by atoms with Crippen LogP contribution < -0.4 is 26.2 Å². The molecule has 0 spiro atoms. The van der Waals surface area contributed by atoms with Crippen LogP contribution in [-0.2, 0) is 27.1 Å². The van der Waals surface area contributed by atoms with Crippen molar-refractivity contribution >= 4 is 79.2 Å². The number of aryl methyl sites for hydroxylation is 1. The molecule has 2 aliphatic carbocycles. The highest BCUT2D eigenvalue weighted by molar-refractivity contribution is 7.00. The van der Waals surface area contributed by atoms with Crippen molar-refractivity contribution in [3.8, 4) is 0 Å². The van der Waals surface area contributed by atoms with Crippen molar-refractivity contribution in [3.63, 3.8) is 0 Å². The van der Waals surface area contributed by atoms with Gasteiger partial charge in [-0.2, -0.15) is 0 Å². The first-order chi connectivity index (χ1) is 32.8. The predicted molar refractivity (Wildman–Crippen MR) is 293 cm³/mol. The number of benzene rings is 8. The molecule has 4 heteroatoms. The van der Waals surface area contributed by atoms with E-state index in [0.29, 0.717) is 0 Å². The fraction of sp³-hybridized carbons (Fsp3) is 0.262. The van der Waals surface area contributed by atoms with Crippen molar-refractivity contribution in [2.45, 2.75) is 110 Å². The molecule has 340 valence electrons. The molecular weight excluding hydrogens is 836 g/mol. The van der Waals surface area contributed by atoms with Gasteiger partial charge in [0.2, 0.25) is 0 Å². The molecule has 3 heterocycles. The van der Waals surface area contributed by atoms with Crippen LogP contribution in [0, 0.1) is 6.92 Å². The molecule has 8 aromatic carbocycles. The van der Waals surface area contributed by atoms with Crippen molar-refractivity contribution in [2.24, 2.45) is 0 Å². The molecule has 69 heavy (non-hydrogen) atoms. The first-order valence-corrected chi connectivity index (χ1v) is 25.1. The summed E-state index contributed by atoms with van der Waals surface area (Å²) in [5.41, 5.74) is 26.1. The van der Waals surface area contributed by atoms with E-state index in [1.807, 2.05) is 0 Å². The summed E-state index contributed by atoms with van der Waals surface area (Å²) >= 11 is 0. The van der Waals surface area contributed by atoms with Crippen LogP contribution in [0.4, 0.5) is 34.1 Å². The lowest BCUT2D eigenvalue weighted by Crippen LogP contribution is -2.62. The Labute approximate surface area is 408 Å². The van der Waals surface area contributed by atoms with Gasteiger partial charge in [0, 0.05) is 55.5 Å². The zero-order valence-corrected chi connectivity index (χ0v) is 42.3. The van der Waals surface area contributed by atoms with Crippen LogP contribution in [0.3, 0.4) is 0 Å². The smallest absolute Gasteiger partial charge is 0.252 e. The molecule has 4 aliphatic rings. The SMILES string of the molecule is Cc1cc2c3c(c1)N(c1cccc4oc5ccccc5c14)c1ccc(C(C)(C)C)cc1B3c1cc3c(cc1N2c1ccc2c(c1)C(C)(C)c1ccccc1C2(C)C)C(C)(C)c1ccccc1C3(C)C. The van der Waals surface area contributed by atoms with E-state index in [9.17, 15) is 0 Å². The maximum Gasteiger partial charge on any atom is 0.252 e. The van der Waals surface area contributed by atoms with Crippen LogP contribution in [0.2, 0.25) is 0 Å². The van der Waals surface area contributed by atoms with Gasteiger partial charge in [0.15, 0.2) is 0 Å². The second kappa shape index (κ2) is 13.7. The highest BCUT2D eigenvalue weighted by Gasteiger charge is 2.49. The van der Waals surface area contributed by atoms with Gasteiger partial charge >= 0.3 is 0 Å². The third-order valence-electron chi connectivity index (χ3n) is 17.3. The minimum atomic E-state index is -0.224. The third kappa shape index (κ3) is 5.58. The standard InChI is InChI=1S/C65H61BN2O/c1-38-32-55-60-56(33-38)68(53-25-19-27-58-59(53)41-20-13-18-26-57(41)69-58)52-31-28-39(61(2,3)4)34-50(52)66(60)51-36-48-49(65(11,12)45-24-17-16-23-44(45)64(48,9)10)37-54(51)67(55)40-29-30-46-47(35-40)63(7,8)43-22-15-14-21-42(43)62(46,5)6/h13-37H,1-12H3. The Morgan fingerprint density at radius 1 is 0.420 bits per heavy atom. The maximum absolute atomic E-state index is 6.62. The molecule has 9 aromatic rings. The Hall–Kier alpha value is -6.78. The van der Waals surface area contributed by atoms with Gasteiger partial charge in [-0.25, -0.2) is 0 Å². The summed E-state index contributed by atoms with van der Waals surface area (Å²) in [6.45, 7) is 28.8. The van der Waals surface area contributed by atoms with Gasteiger partial charge in [-0.3, -0.25) is 0 Å². The monoisotopic (exact) mass is 896 g/mol. The molecule has 3 nitrogen and oxygen atoms in total. The van der Waals surface area contributed by atoms with E-state index in [2.05, 4.69) is 245 Å². The zero-order chi connectivity index (χ0) is 47.9. The van der Waals surface area contributed by atoms with E-state index in [-0.39, 0.29) is 33.8 Å². The van der Waals surface area contributed by atoms with Gasteiger partial charge in [0.1, 0.15) is 11.2 Å². The van der Waals surface area contributed by atoms with Gasteiger partial charge in [0.05, 0.1) is 11.1 Å².